The van der Waals surface area contributed by atoms with Gasteiger partial charge in [-0.3, -0.25) is 9.79 Å². The molecule has 1 unspecified atom stereocenters. The average molecular weight is 352 g/mol. The molecule has 140 valence electrons. The highest BCUT2D eigenvalue weighted by Gasteiger charge is 2.24. The second-order valence-electron chi connectivity index (χ2n) is 7.57. The third kappa shape index (κ3) is 5.03. The lowest BCUT2D eigenvalue weighted by Crippen LogP contribution is -2.18. The molecular weight excluding hydrogens is 318 g/mol. The summed E-state index contributed by atoms with van der Waals surface area (Å²) in [7, 11) is 1.82. The Kier molecular flexibility index (Phi) is 7.56. The van der Waals surface area contributed by atoms with Crippen LogP contribution in [0, 0.1) is 5.92 Å². The Balaban J connectivity index is 2.12. The largest absolute Gasteiger partial charge is 0.295 e. The van der Waals surface area contributed by atoms with E-state index in [1.165, 1.54) is 11.1 Å². The van der Waals surface area contributed by atoms with Crippen LogP contribution in [-0.4, -0.2) is 18.5 Å². The summed E-state index contributed by atoms with van der Waals surface area (Å²) in [5, 5.41) is 0. The van der Waals surface area contributed by atoms with Gasteiger partial charge in [0.05, 0.1) is 0 Å². The Labute approximate surface area is 159 Å². The van der Waals surface area contributed by atoms with Crippen molar-refractivity contribution in [2.75, 3.05) is 7.05 Å². The Morgan fingerprint density at radius 2 is 1.92 bits per heavy atom. The molecule has 1 aliphatic rings. The van der Waals surface area contributed by atoms with Crippen LogP contribution in [0.25, 0.3) is 0 Å². The third-order valence-corrected chi connectivity index (χ3v) is 5.58. The van der Waals surface area contributed by atoms with Crippen LogP contribution >= 0.6 is 0 Å². The number of ketones is 1. The van der Waals surface area contributed by atoms with Crippen LogP contribution in [0.4, 0.5) is 0 Å². The van der Waals surface area contributed by atoms with Crippen molar-refractivity contribution >= 4 is 11.5 Å². The van der Waals surface area contributed by atoms with Crippen molar-refractivity contribution in [1.82, 2.24) is 0 Å². The second-order valence-corrected chi connectivity index (χ2v) is 7.57. The summed E-state index contributed by atoms with van der Waals surface area (Å²) in [5.41, 5.74) is 5.86. The number of Topliss-reactive ketones (excluding diaryl/α,β-unsaturated/α-hetero) is 1. The Morgan fingerprint density at radius 3 is 2.54 bits per heavy atom. The van der Waals surface area contributed by atoms with Crippen molar-refractivity contribution in [2.24, 2.45) is 10.9 Å². The highest BCUT2D eigenvalue weighted by Crippen LogP contribution is 2.33. The summed E-state index contributed by atoms with van der Waals surface area (Å²) in [6.07, 6.45) is 6.90. The maximum absolute atomic E-state index is 13.0. The van der Waals surface area contributed by atoms with E-state index in [9.17, 15) is 4.79 Å². The van der Waals surface area contributed by atoms with Gasteiger partial charge >= 0.3 is 0 Å². The average Bonchev–Trinajstić information content (AvgIpc) is 2.65. The summed E-state index contributed by atoms with van der Waals surface area (Å²) in [6.45, 7) is 8.57. The molecule has 2 rings (SSSR count). The smallest absolute Gasteiger partial charge is 0.159 e. The minimum Gasteiger partial charge on any atom is -0.295 e. The Bertz CT molecular complexity index is 709. The fourth-order valence-electron chi connectivity index (χ4n) is 3.99. The summed E-state index contributed by atoms with van der Waals surface area (Å²) in [6, 6.07) is 10.6. The van der Waals surface area contributed by atoms with Gasteiger partial charge in [0.1, 0.15) is 0 Å². The predicted octanol–water partition coefficient (Wildman–Crippen LogP) is 6.29. The molecule has 0 aromatic heterocycles. The first kappa shape index (κ1) is 20.4. The molecule has 0 saturated carbocycles. The maximum Gasteiger partial charge on any atom is 0.159 e. The molecule has 0 heterocycles. The first-order valence-electron chi connectivity index (χ1n) is 9.91. The number of carbonyl (C=O) groups is 1. The molecule has 2 heteroatoms. The number of hydrogen-bond donors (Lipinski definition) is 0. The number of aliphatic imine (C=N–C) groups is 1. The van der Waals surface area contributed by atoms with Crippen LogP contribution in [0.1, 0.15) is 71.3 Å². The van der Waals surface area contributed by atoms with Crippen molar-refractivity contribution in [1.29, 1.82) is 0 Å². The lowest BCUT2D eigenvalue weighted by molar-refractivity contribution is -0.116. The summed E-state index contributed by atoms with van der Waals surface area (Å²) in [4.78, 5) is 17.3. The second kappa shape index (κ2) is 9.66. The molecule has 0 bridgehead atoms. The van der Waals surface area contributed by atoms with Crippen molar-refractivity contribution in [2.45, 2.75) is 65.7 Å². The highest BCUT2D eigenvalue weighted by atomic mass is 16.1. The standard InChI is InChI=1S/C24H33NO/c1-6-10-20(21-11-8-7-9-12-21)13-14-24(26)23-16-22(19(4)25-5)17(2)15-18(23)3/h7-9,11-12,16,18,20H,6,10,13-15H2,1-5H3/t18?,20-/m1/s1. The Hall–Kier alpha value is -1.96. The van der Waals surface area contributed by atoms with E-state index in [0.29, 0.717) is 24.0 Å². The van der Waals surface area contributed by atoms with E-state index >= 15 is 0 Å². The number of nitrogens with zero attached hydrogens (tertiary/aromatic N) is 1. The van der Waals surface area contributed by atoms with Gasteiger partial charge in [-0.1, -0.05) is 56.2 Å². The zero-order valence-corrected chi connectivity index (χ0v) is 17.0. The fourth-order valence-corrected chi connectivity index (χ4v) is 3.99. The van der Waals surface area contributed by atoms with Crippen LogP contribution in [0.3, 0.4) is 0 Å². The highest BCUT2D eigenvalue weighted by molar-refractivity contribution is 6.05. The summed E-state index contributed by atoms with van der Waals surface area (Å²) in [5.74, 6) is 1.08. The van der Waals surface area contributed by atoms with Crippen LogP contribution in [0.15, 0.2) is 58.1 Å². The van der Waals surface area contributed by atoms with Gasteiger partial charge in [0, 0.05) is 19.2 Å². The molecule has 0 saturated heterocycles. The van der Waals surface area contributed by atoms with E-state index in [1.807, 2.05) is 14.0 Å². The molecule has 1 aromatic carbocycles. The Morgan fingerprint density at radius 1 is 1.23 bits per heavy atom. The molecule has 0 amide bonds. The van der Waals surface area contributed by atoms with Crippen molar-refractivity contribution in [3.05, 3.63) is 58.7 Å². The number of carbonyl (C=O) groups excluding carboxylic acids is 1. The summed E-state index contributed by atoms with van der Waals surface area (Å²) >= 11 is 0. The third-order valence-electron chi connectivity index (χ3n) is 5.58. The number of allylic oxidation sites excluding steroid dienone is 4. The van der Waals surface area contributed by atoms with E-state index < -0.39 is 0 Å². The molecule has 1 aliphatic carbocycles. The molecule has 0 aliphatic heterocycles. The molecule has 0 fully saturated rings. The normalized spacial score (nSPS) is 19.3. The van der Waals surface area contributed by atoms with Gasteiger partial charge < -0.3 is 0 Å². The van der Waals surface area contributed by atoms with Crippen LogP contribution < -0.4 is 0 Å². The van der Waals surface area contributed by atoms with E-state index in [-0.39, 0.29) is 0 Å². The quantitative estimate of drug-likeness (QED) is 0.506. The molecule has 1 aromatic rings. The first-order chi connectivity index (χ1) is 12.5. The number of rotatable bonds is 8. The fraction of sp³-hybridized carbons (Fsp3) is 0.500. The minimum absolute atomic E-state index is 0.303. The molecule has 0 radical (unpaired) electrons. The van der Waals surface area contributed by atoms with Gasteiger partial charge in [-0.25, -0.2) is 0 Å². The summed E-state index contributed by atoms with van der Waals surface area (Å²) < 4.78 is 0. The minimum atomic E-state index is 0.303. The van der Waals surface area contributed by atoms with Crippen LogP contribution in [0.5, 0.6) is 0 Å². The zero-order chi connectivity index (χ0) is 19.1. The van der Waals surface area contributed by atoms with E-state index in [1.54, 1.807) is 0 Å². The molecular formula is C24H33NO. The van der Waals surface area contributed by atoms with Crippen LogP contribution in [0.2, 0.25) is 0 Å². The molecule has 0 spiro atoms. The number of hydrogen-bond acceptors (Lipinski definition) is 2. The van der Waals surface area contributed by atoms with Gasteiger partial charge in [0.25, 0.3) is 0 Å². The lowest BCUT2D eigenvalue weighted by atomic mass is 9.80. The molecule has 26 heavy (non-hydrogen) atoms. The lowest BCUT2D eigenvalue weighted by Gasteiger charge is -2.24. The van der Waals surface area contributed by atoms with Gasteiger partial charge in [-0.05, 0) is 67.7 Å². The van der Waals surface area contributed by atoms with E-state index in [2.05, 4.69) is 62.2 Å². The molecule has 2 atom stereocenters. The number of benzene rings is 1. The van der Waals surface area contributed by atoms with Crippen molar-refractivity contribution < 1.29 is 4.79 Å². The SMILES string of the molecule is CCC[C@H](CCC(=O)C1=CC(C(C)=NC)=C(C)CC1C)c1ccccc1. The van der Waals surface area contributed by atoms with Crippen molar-refractivity contribution in [3.8, 4) is 0 Å². The van der Waals surface area contributed by atoms with Gasteiger partial charge in [0.2, 0.25) is 0 Å². The molecule has 0 N–H and O–H groups in total. The van der Waals surface area contributed by atoms with E-state index in [0.717, 1.165) is 42.5 Å². The van der Waals surface area contributed by atoms with Gasteiger partial charge in [0.15, 0.2) is 5.78 Å². The monoisotopic (exact) mass is 351 g/mol. The van der Waals surface area contributed by atoms with Gasteiger partial charge in [-0.2, -0.15) is 0 Å². The van der Waals surface area contributed by atoms with Crippen molar-refractivity contribution in [3.63, 3.8) is 0 Å². The zero-order valence-electron chi connectivity index (χ0n) is 17.0. The van der Waals surface area contributed by atoms with E-state index in [4.69, 9.17) is 0 Å². The topological polar surface area (TPSA) is 29.4 Å². The van der Waals surface area contributed by atoms with Crippen LogP contribution in [-0.2, 0) is 4.79 Å². The van der Waals surface area contributed by atoms with Gasteiger partial charge in [-0.15, -0.1) is 0 Å². The first-order valence-corrected chi connectivity index (χ1v) is 9.91. The predicted molar refractivity (Wildman–Crippen MR) is 112 cm³/mol. The molecule has 2 nitrogen and oxygen atoms in total. The maximum atomic E-state index is 13.0.